The van der Waals surface area contributed by atoms with Gasteiger partial charge in [0.2, 0.25) is 0 Å². The average Bonchev–Trinajstić information content (AvgIpc) is 2.22. The van der Waals surface area contributed by atoms with Crippen molar-refractivity contribution in [2.45, 2.75) is 52.1 Å². The molecule has 0 radical (unpaired) electrons. The summed E-state index contributed by atoms with van der Waals surface area (Å²) in [4.78, 5) is 13.7. The van der Waals surface area contributed by atoms with E-state index in [1.807, 2.05) is 4.90 Å². The molecule has 1 amide bonds. The molecule has 94 valence electrons. The fraction of sp³-hybridized carbons (Fsp3) is 0.917. The summed E-state index contributed by atoms with van der Waals surface area (Å²) in [6.07, 6.45) is 1.81. The van der Waals surface area contributed by atoms with Gasteiger partial charge in [0.15, 0.2) is 0 Å². The molecular formula is C12H24N2O2. The van der Waals surface area contributed by atoms with Crippen LogP contribution in [0.25, 0.3) is 0 Å². The van der Waals surface area contributed by atoms with Gasteiger partial charge in [0.05, 0.1) is 12.1 Å². The normalized spacial score (nSPS) is 24.2. The third-order valence-electron chi connectivity index (χ3n) is 3.01. The van der Waals surface area contributed by atoms with Crippen molar-refractivity contribution in [3.05, 3.63) is 0 Å². The molecule has 1 aliphatic heterocycles. The van der Waals surface area contributed by atoms with E-state index in [4.69, 9.17) is 4.74 Å². The Hall–Kier alpha value is -0.770. The summed E-state index contributed by atoms with van der Waals surface area (Å²) >= 11 is 0. The van der Waals surface area contributed by atoms with E-state index in [2.05, 4.69) is 33.0 Å². The number of amides is 1. The molecule has 1 unspecified atom stereocenters. The molecule has 0 aromatic carbocycles. The Labute approximate surface area is 98.3 Å². The maximum Gasteiger partial charge on any atom is 0.410 e. The Morgan fingerprint density at radius 2 is 2.25 bits per heavy atom. The topological polar surface area (TPSA) is 41.6 Å². The smallest absolute Gasteiger partial charge is 0.410 e. The SMILES string of the molecule is CCCCOC(=O)N1CC(C)NCC1(C)C. The maximum atomic E-state index is 11.9. The summed E-state index contributed by atoms with van der Waals surface area (Å²) in [6, 6.07) is 0.340. The lowest BCUT2D eigenvalue weighted by Gasteiger charge is -2.44. The number of ether oxygens (including phenoxy) is 1. The first-order chi connectivity index (χ1) is 7.47. The predicted molar refractivity (Wildman–Crippen MR) is 64.5 cm³/mol. The first-order valence-electron chi connectivity index (χ1n) is 6.15. The van der Waals surface area contributed by atoms with Crippen LogP contribution >= 0.6 is 0 Å². The van der Waals surface area contributed by atoms with Crippen molar-refractivity contribution in [3.63, 3.8) is 0 Å². The third kappa shape index (κ3) is 3.37. The van der Waals surface area contributed by atoms with Crippen molar-refractivity contribution in [2.75, 3.05) is 19.7 Å². The van der Waals surface area contributed by atoms with E-state index < -0.39 is 0 Å². The molecule has 1 rings (SSSR count). The number of piperazine rings is 1. The molecule has 1 atom stereocenters. The lowest BCUT2D eigenvalue weighted by atomic mass is 9.99. The summed E-state index contributed by atoms with van der Waals surface area (Å²) in [5.74, 6) is 0. The number of carbonyl (C=O) groups excluding carboxylic acids is 1. The van der Waals surface area contributed by atoms with Crippen molar-refractivity contribution >= 4 is 6.09 Å². The molecule has 0 spiro atoms. The van der Waals surface area contributed by atoms with Gasteiger partial charge in [-0.25, -0.2) is 4.79 Å². The van der Waals surface area contributed by atoms with Crippen LogP contribution in [-0.2, 0) is 4.74 Å². The van der Waals surface area contributed by atoms with Gasteiger partial charge in [0.25, 0.3) is 0 Å². The summed E-state index contributed by atoms with van der Waals surface area (Å²) in [5, 5.41) is 3.37. The molecule has 4 nitrogen and oxygen atoms in total. The molecule has 1 fully saturated rings. The van der Waals surface area contributed by atoms with Gasteiger partial charge in [-0.2, -0.15) is 0 Å². The zero-order valence-electron chi connectivity index (χ0n) is 10.9. The lowest BCUT2D eigenvalue weighted by Crippen LogP contribution is -2.63. The molecule has 1 saturated heterocycles. The summed E-state index contributed by atoms with van der Waals surface area (Å²) in [6.45, 7) is 10.4. The van der Waals surface area contributed by atoms with Crippen molar-refractivity contribution < 1.29 is 9.53 Å². The molecule has 0 saturated carbocycles. The van der Waals surface area contributed by atoms with Crippen LogP contribution in [0.5, 0.6) is 0 Å². The van der Waals surface area contributed by atoms with Crippen LogP contribution < -0.4 is 5.32 Å². The number of nitrogens with zero attached hydrogens (tertiary/aromatic N) is 1. The van der Waals surface area contributed by atoms with Crippen LogP contribution in [0.2, 0.25) is 0 Å². The minimum Gasteiger partial charge on any atom is -0.449 e. The van der Waals surface area contributed by atoms with Gasteiger partial charge in [0.1, 0.15) is 0 Å². The Morgan fingerprint density at radius 1 is 1.56 bits per heavy atom. The minimum atomic E-state index is -0.174. The second-order valence-corrected chi connectivity index (χ2v) is 5.17. The van der Waals surface area contributed by atoms with Crippen LogP contribution in [0.3, 0.4) is 0 Å². The standard InChI is InChI=1S/C12H24N2O2/c1-5-6-7-16-11(15)14-8-10(2)13-9-12(14,3)4/h10,13H,5-9H2,1-4H3. The van der Waals surface area contributed by atoms with Gasteiger partial charge in [0, 0.05) is 19.1 Å². The summed E-state index contributed by atoms with van der Waals surface area (Å²) < 4.78 is 5.27. The largest absolute Gasteiger partial charge is 0.449 e. The number of hydrogen-bond donors (Lipinski definition) is 1. The second kappa shape index (κ2) is 5.53. The highest BCUT2D eigenvalue weighted by Gasteiger charge is 2.36. The first-order valence-corrected chi connectivity index (χ1v) is 6.15. The van der Waals surface area contributed by atoms with E-state index >= 15 is 0 Å². The zero-order chi connectivity index (χ0) is 12.2. The van der Waals surface area contributed by atoms with Gasteiger partial charge in [-0.15, -0.1) is 0 Å². The van der Waals surface area contributed by atoms with E-state index in [1.54, 1.807) is 0 Å². The van der Waals surface area contributed by atoms with E-state index in [-0.39, 0.29) is 11.6 Å². The molecule has 0 aliphatic carbocycles. The second-order valence-electron chi connectivity index (χ2n) is 5.17. The average molecular weight is 228 g/mol. The fourth-order valence-electron chi connectivity index (χ4n) is 1.81. The Kier molecular flexibility index (Phi) is 4.59. The number of carbonyl (C=O) groups is 1. The van der Waals surface area contributed by atoms with Crippen molar-refractivity contribution in [2.24, 2.45) is 0 Å². The molecule has 0 bridgehead atoms. The zero-order valence-corrected chi connectivity index (χ0v) is 10.9. The minimum absolute atomic E-state index is 0.157. The van der Waals surface area contributed by atoms with Gasteiger partial charge >= 0.3 is 6.09 Å². The van der Waals surface area contributed by atoms with Crippen LogP contribution in [0.1, 0.15) is 40.5 Å². The van der Waals surface area contributed by atoms with Gasteiger partial charge in [-0.1, -0.05) is 13.3 Å². The van der Waals surface area contributed by atoms with Crippen molar-refractivity contribution in [1.82, 2.24) is 10.2 Å². The van der Waals surface area contributed by atoms with Crippen LogP contribution in [0.15, 0.2) is 0 Å². The first kappa shape index (κ1) is 13.3. The van der Waals surface area contributed by atoms with E-state index in [0.29, 0.717) is 12.6 Å². The predicted octanol–water partition coefficient (Wildman–Crippen LogP) is 2.00. The lowest BCUT2D eigenvalue weighted by molar-refractivity contribution is 0.0396. The van der Waals surface area contributed by atoms with Gasteiger partial charge in [-0.3, -0.25) is 0 Å². The maximum absolute atomic E-state index is 11.9. The third-order valence-corrected chi connectivity index (χ3v) is 3.01. The molecule has 1 heterocycles. The Balaban J connectivity index is 2.51. The summed E-state index contributed by atoms with van der Waals surface area (Å²) in [5.41, 5.74) is -0.157. The van der Waals surface area contributed by atoms with Gasteiger partial charge < -0.3 is 15.0 Å². The van der Waals surface area contributed by atoms with E-state index in [0.717, 1.165) is 25.9 Å². The molecule has 0 aromatic heterocycles. The van der Waals surface area contributed by atoms with Gasteiger partial charge in [-0.05, 0) is 27.2 Å². The molecule has 0 aromatic rings. The van der Waals surface area contributed by atoms with Crippen LogP contribution in [-0.4, -0.2) is 42.3 Å². The fourth-order valence-corrected chi connectivity index (χ4v) is 1.81. The highest BCUT2D eigenvalue weighted by Crippen LogP contribution is 2.19. The van der Waals surface area contributed by atoms with Crippen LogP contribution in [0.4, 0.5) is 4.79 Å². The molecule has 16 heavy (non-hydrogen) atoms. The Morgan fingerprint density at radius 3 is 2.88 bits per heavy atom. The highest BCUT2D eigenvalue weighted by molar-refractivity contribution is 5.69. The number of rotatable bonds is 3. The molecule has 1 aliphatic rings. The number of hydrogen-bond acceptors (Lipinski definition) is 3. The van der Waals surface area contributed by atoms with Crippen molar-refractivity contribution in [3.8, 4) is 0 Å². The number of nitrogens with one attached hydrogen (secondary N) is 1. The highest BCUT2D eigenvalue weighted by atomic mass is 16.6. The van der Waals surface area contributed by atoms with E-state index in [9.17, 15) is 4.79 Å². The quantitative estimate of drug-likeness (QED) is 0.751. The van der Waals surface area contributed by atoms with Crippen molar-refractivity contribution in [1.29, 1.82) is 0 Å². The monoisotopic (exact) mass is 228 g/mol. The van der Waals surface area contributed by atoms with Crippen LogP contribution in [0, 0.1) is 0 Å². The molecule has 1 N–H and O–H groups in total. The number of unbranched alkanes of at least 4 members (excludes halogenated alkanes) is 1. The molecular weight excluding hydrogens is 204 g/mol. The molecule has 4 heteroatoms. The summed E-state index contributed by atoms with van der Waals surface area (Å²) in [7, 11) is 0. The Bertz CT molecular complexity index is 241. The van der Waals surface area contributed by atoms with E-state index in [1.165, 1.54) is 0 Å².